The van der Waals surface area contributed by atoms with Gasteiger partial charge >= 0.3 is 0 Å². The molecule has 1 N–H and O–H groups in total. The van der Waals surface area contributed by atoms with E-state index in [1.165, 1.54) is 0 Å². The van der Waals surface area contributed by atoms with Crippen LogP contribution in [0, 0.1) is 0 Å². The zero-order valence-electron chi connectivity index (χ0n) is 11.3. The van der Waals surface area contributed by atoms with Crippen molar-refractivity contribution in [1.29, 1.82) is 0 Å². The Balaban J connectivity index is 1.89. The van der Waals surface area contributed by atoms with Gasteiger partial charge in [-0.25, -0.2) is 0 Å². The first-order chi connectivity index (χ1) is 8.47. The number of fused-ring (bicyclic) bond motifs is 1. The standard InChI is InChI=1S/C14H21NO2Si/c1-18(2,3)9-8-17-10-12-11-6-4-5-7-13(11)15-14(12)16/h4-7,12H,8-10H2,1-3H3,(H,15,16). The SMILES string of the molecule is C[Si](C)(C)CCOCC1C(=O)Nc2ccccc21. The van der Waals surface area contributed by atoms with Crippen molar-refractivity contribution < 1.29 is 9.53 Å². The molecule has 1 aliphatic heterocycles. The van der Waals surface area contributed by atoms with E-state index in [9.17, 15) is 4.79 Å². The number of anilines is 1. The van der Waals surface area contributed by atoms with E-state index < -0.39 is 8.07 Å². The summed E-state index contributed by atoms with van der Waals surface area (Å²) in [6, 6.07) is 8.99. The molecule has 3 nitrogen and oxygen atoms in total. The predicted octanol–water partition coefficient (Wildman–Crippen LogP) is 3.08. The number of hydrogen-bond acceptors (Lipinski definition) is 2. The highest BCUT2D eigenvalue weighted by atomic mass is 28.3. The normalized spacial score (nSPS) is 18.6. The molecule has 18 heavy (non-hydrogen) atoms. The second kappa shape index (κ2) is 5.24. The molecule has 0 saturated heterocycles. The predicted molar refractivity (Wildman–Crippen MR) is 76.8 cm³/mol. The molecule has 1 unspecified atom stereocenters. The molecule has 1 aromatic rings. The maximum Gasteiger partial charge on any atom is 0.234 e. The minimum absolute atomic E-state index is 0.0594. The van der Waals surface area contributed by atoms with Gasteiger partial charge in [-0.15, -0.1) is 0 Å². The van der Waals surface area contributed by atoms with E-state index in [-0.39, 0.29) is 11.8 Å². The fourth-order valence-electron chi connectivity index (χ4n) is 2.02. The summed E-state index contributed by atoms with van der Waals surface area (Å²) in [6.07, 6.45) is 0. The lowest BCUT2D eigenvalue weighted by molar-refractivity contribution is -0.118. The molecule has 0 aromatic heterocycles. The van der Waals surface area contributed by atoms with Crippen LogP contribution < -0.4 is 5.32 Å². The molecule has 98 valence electrons. The van der Waals surface area contributed by atoms with E-state index in [1.807, 2.05) is 24.3 Å². The lowest BCUT2D eigenvalue weighted by Gasteiger charge is -2.16. The smallest absolute Gasteiger partial charge is 0.234 e. The van der Waals surface area contributed by atoms with Crippen LogP contribution >= 0.6 is 0 Å². The molecule has 2 rings (SSSR count). The van der Waals surface area contributed by atoms with Gasteiger partial charge < -0.3 is 10.1 Å². The van der Waals surface area contributed by atoms with E-state index >= 15 is 0 Å². The Hall–Kier alpha value is -1.13. The molecule has 0 bridgehead atoms. The zero-order valence-corrected chi connectivity index (χ0v) is 12.3. The Kier molecular flexibility index (Phi) is 3.87. The number of rotatable bonds is 5. The topological polar surface area (TPSA) is 38.3 Å². The molecule has 0 aliphatic carbocycles. The molecule has 0 fully saturated rings. The Labute approximate surface area is 110 Å². The first kappa shape index (κ1) is 13.3. The maximum atomic E-state index is 11.8. The van der Waals surface area contributed by atoms with Crippen LogP contribution in [-0.2, 0) is 9.53 Å². The van der Waals surface area contributed by atoms with Crippen molar-refractivity contribution in [3.8, 4) is 0 Å². The van der Waals surface area contributed by atoms with Crippen molar-refractivity contribution in [3.63, 3.8) is 0 Å². The number of hydrogen-bond donors (Lipinski definition) is 1. The van der Waals surface area contributed by atoms with Crippen molar-refractivity contribution in [2.75, 3.05) is 18.5 Å². The summed E-state index contributed by atoms with van der Waals surface area (Å²) in [6.45, 7) is 8.24. The molecule has 1 aliphatic rings. The van der Waals surface area contributed by atoms with Gasteiger partial charge in [0.1, 0.15) is 0 Å². The van der Waals surface area contributed by atoms with Crippen LogP contribution in [0.2, 0.25) is 25.7 Å². The van der Waals surface area contributed by atoms with Gasteiger partial charge in [0.2, 0.25) is 5.91 Å². The molecule has 0 spiro atoms. The molecule has 0 saturated carbocycles. The van der Waals surface area contributed by atoms with Gasteiger partial charge in [0.05, 0.1) is 12.5 Å². The fraction of sp³-hybridized carbons (Fsp3) is 0.500. The van der Waals surface area contributed by atoms with Gasteiger partial charge in [-0.1, -0.05) is 37.8 Å². The van der Waals surface area contributed by atoms with E-state index in [0.717, 1.165) is 23.9 Å². The molecule has 4 heteroatoms. The number of carbonyl (C=O) groups is 1. The van der Waals surface area contributed by atoms with Gasteiger partial charge in [-0.2, -0.15) is 0 Å². The lowest BCUT2D eigenvalue weighted by atomic mass is 10.0. The van der Waals surface area contributed by atoms with Crippen molar-refractivity contribution in [2.24, 2.45) is 0 Å². The number of benzene rings is 1. The number of amides is 1. The summed E-state index contributed by atoms with van der Waals surface area (Å²) in [7, 11) is -1.05. The third-order valence-corrected chi connectivity index (χ3v) is 4.90. The summed E-state index contributed by atoms with van der Waals surface area (Å²) in [5.74, 6) is -0.0768. The zero-order chi connectivity index (χ0) is 13.2. The van der Waals surface area contributed by atoms with E-state index in [2.05, 4.69) is 25.0 Å². The van der Waals surface area contributed by atoms with Crippen LogP contribution in [0.5, 0.6) is 0 Å². The molecule has 1 amide bonds. The van der Waals surface area contributed by atoms with E-state index in [1.54, 1.807) is 0 Å². The molecule has 0 radical (unpaired) electrons. The van der Waals surface area contributed by atoms with Crippen LogP contribution in [0.1, 0.15) is 11.5 Å². The Morgan fingerprint density at radius 1 is 1.28 bits per heavy atom. The van der Waals surface area contributed by atoms with Crippen LogP contribution in [0.4, 0.5) is 5.69 Å². The first-order valence-corrected chi connectivity index (χ1v) is 10.2. The highest BCUT2D eigenvalue weighted by Crippen LogP contribution is 2.32. The average molecular weight is 263 g/mol. The maximum absolute atomic E-state index is 11.8. The molecule has 1 aromatic carbocycles. The van der Waals surface area contributed by atoms with Gasteiger partial charge in [0.25, 0.3) is 0 Å². The number of para-hydroxylation sites is 1. The molecule has 1 heterocycles. The molecule has 1 atom stereocenters. The summed E-state index contributed by atoms with van der Waals surface area (Å²) >= 11 is 0. The lowest BCUT2D eigenvalue weighted by Crippen LogP contribution is -2.23. The number of carbonyl (C=O) groups excluding carboxylic acids is 1. The Morgan fingerprint density at radius 2 is 2.00 bits per heavy atom. The van der Waals surface area contributed by atoms with Crippen molar-refractivity contribution in [1.82, 2.24) is 0 Å². The fourth-order valence-corrected chi connectivity index (χ4v) is 2.78. The minimum Gasteiger partial charge on any atom is -0.381 e. The quantitative estimate of drug-likeness (QED) is 0.655. The monoisotopic (exact) mass is 263 g/mol. The third kappa shape index (κ3) is 3.20. The van der Waals surface area contributed by atoms with Gasteiger partial charge in [-0.3, -0.25) is 4.79 Å². The summed E-state index contributed by atoms with van der Waals surface area (Å²) in [5.41, 5.74) is 2.00. The molecular formula is C14H21NO2Si. The Morgan fingerprint density at radius 3 is 2.72 bits per heavy atom. The second-order valence-electron chi connectivity index (χ2n) is 6.01. The van der Waals surface area contributed by atoms with Crippen LogP contribution in [0.15, 0.2) is 24.3 Å². The second-order valence-corrected chi connectivity index (χ2v) is 11.6. The van der Waals surface area contributed by atoms with Crippen molar-refractivity contribution in [3.05, 3.63) is 29.8 Å². The van der Waals surface area contributed by atoms with E-state index in [4.69, 9.17) is 4.74 Å². The third-order valence-electron chi connectivity index (χ3n) is 3.19. The van der Waals surface area contributed by atoms with Crippen molar-refractivity contribution in [2.45, 2.75) is 31.6 Å². The van der Waals surface area contributed by atoms with E-state index in [0.29, 0.717) is 6.61 Å². The summed E-state index contributed by atoms with van der Waals surface area (Å²) in [4.78, 5) is 11.8. The van der Waals surface area contributed by atoms with Gasteiger partial charge in [-0.05, 0) is 17.7 Å². The van der Waals surface area contributed by atoms with Crippen LogP contribution in [-0.4, -0.2) is 27.2 Å². The minimum atomic E-state index is -1.05. The van der Waals surface area contributed by atoms with Gasteiger partial charge in [0.15, 0.2) is 0 Å². The Bertz CT molecular complexity index is 440. The highest BCUT2D eigenvalue weighted by molar-refractivity contribution is 6.76. The number of ether oxygens (including phenoxy) is 1. The summed E-state index contributed by atoms with van der Waals surface area (Å²) < 4.78 is 5.69. The molecular weight excluding hydrogens is 242 g/mol. The van der Waals surface area contributed by atoms with Crippen LogP contribution in [0.3, 0.4) is 0 Å². The van der Waals surface area contributed by atoms with Crippen molar-refractivity contribution >= 4 is 19.7 Å². The summed E-state index contributed by atoms with van der Waals surface area (Å²) in [5, 5.41) is 2.89. The highest BCUT2D eigenvalue weighted by Gasteiger charge is 2.30. The average Bonchev–Trinajstić information content (AvgIpc) is 2.59. The van der Waals surface area contributed by atoms with Crippen LogP contribution in [0.25, 0.3) is 0 Å². The number of nitrogens with one attached hydrogen (secondary N) is 1. The largest absolute Gasteiger partial charge is 0.381 e. The van der Waals surface area contributed by atoms with Gasteiger partial charge in [0, 0.05) is 20.4 Å². The first-order valence-electron chi connectivity index (χ1n) is 6.45.